The fourth-order valence-corrected chi connectivity index (χ4v) is 2.12. The van der Waals surface area contributed by atoms with Crippen molar-refractivity contribution in [3.05, 3.63) is 58.5 Å². The van der Waals surface area contributed by atoms with Crippen LogP contribution in [0.25, 0.3) is 0 Å². The zero-order valence-corrected chi connectivity index (χ0v) is 11.0. The molecule has 0 radical (unpaired) electrons. The van der Waals surface area contributed by atoms with Crippen molar-refractivity contribution in [1.29, 1.82) is 0 Å². The van der Waals surface area contributed by atoms with Crippen molar-refractivity contribution in [2.24, 2.45) is 0 Å². The highest BCUT2D eigenvalue weighted by Crippen LogP contribution is 2.19. The number of aryl methyl sites for hydroxylation is 2. The Hall–Kier alpha value is -1.54. The van der Waals surface area contributed by atoms with Crippen LogP contribution in [0.3, 0.4) is 0 Å². The van der Waals surface area contributed by atoms with E-state index in [0.717, 1.165) is 16.9 Å². The standard InChI is InChI=1S/C15H15ClO2/c1-11-4-5-12(15(16)9-11)10-13(17)6-7-14-3-2-8-18-14/h2-5,8-9H,6-7,10H2,1H3. The van der Waals surface area contributed by atoms with Crippen LogP contribution in [0.2, 0.25) is 5.02 Å². The highest BCUT2D eigenvalue weighted by atomic mass is 35.5. The minimum absolute atomic E-state index is 0.178. The van der Waals surface area contributed by atoms with Gasteiger partial charge in [0, 0.05) is 24.3 Å². The summed E-state index contributed by atoms with van der Waals surface area (Å²) in [6, 6.07) is 9.49. The number of furan rings is 1. The summed E-state index contributed by atoms with van der Waals surface area (Å²) < 4.78 is 5.20. The van der Waals surface area contributed by atoms with Crippen LogP contribution in [0.1, 0.15) is 23.3 Å². The topological polar surface area (TPSA) is 30.2 Å². The molecule has 1 aromatic carbocycles. The Labute approximate surface area is 112 Å². The van der Waals surface area contributed by atoms with Crippen LogP contribution in [0.15, 0.2) is 41.0 Å². The van der Waals surface area contributed by atoms with E-state index in [4.69, 9.17) is 16.0 Å². The molecule has 2 nitrogen and oxygen atoms in total. The van der Waals surface area contributed by atoms with E-state index >= 15 is 0 Å². The lowest BCUT2D eigenvalue weighted by atomic mass is 10.0. The first-order chi connectivity index (χ1) is 8.65. The predicted molar refractivity (Wildman–Crippen MR) is 71.9 cm³/mol. The summed E-state index contributed by atoms with van der Waals surface area (Å²) in [6.45, 7) is 1.98. The number of carbonyl (C=O) groups excluding carboxylic acids is 1. The summed E-state index contributed by atoms with van der Waals surface area (Å²) in [5.41, 5.74) is 2.00. The van der Waals surface area contributed by atoms with Crippen LogP contribution in [-0.2, 0) is 17.6 Å². The van der Waals surface area contributed by atoms with E-state index in [1.807, 2.05) is 37.3 Å². The largest absolute Gasteiger partial charge is 0.469 e. The van der Waals surface area contributed by atoms with Crippen molar-refractivity contribution in [2.45, 2.75) is 26.2 Å². The fourth-order valence-electron chi connectivity index (χ4n) is 1.81. The van der Waals surface area contributed by atoms with Crippen LogP contribution >= 0.6 is 11.6 Å². The third-order valence-corrected chi connectivity index (χ3v) is 3.18. The Morgan fingerprint density at radius 1 is 1.33 bits per heavy atom. The second-order valence-corrected chi connectivity index (χ2v) is 4.80. The molecule has 0 spiro atoms. The monoisotopic (exact) mass is 262 g/mol. The molecule has 18 heavy (non-hydrogen) atoms. The van der Waals surface area contributed by atoms with E-state index in [0.29, 0.717) is 24.3 Å². The Morgan fingerprint density at radius 3 is 2.83 bits per heavy atom. The van der Waals surface area contributed by atoms with Crippen molar-refractivity contribution >= 4 is 17.4 Å². The lowest BCUT2D eigenvalue weighted by molar-refractivity contribution is -0.118. The van der Waals surface area contributed by atoms with Crippen LogP contribution in [0, 0.1) is 6.92 Å². The first-order valence-electron chi connectivity index (χ1n) is 5.94. The molecular weight excluding hydrogens is 248 g/mol. The molecule has 94 valence electrons. The molecule has 0 bridgehead atoms. The molecule has 2 rings (SSSR count). The number of hydrogen-bond acceptors (Lipinski definition) is 2. The number of hydrogen-bond donors (Lipinski definition) is 0. The molecule has 1 aromatic heterocycles. The molecule has 0 atom stereocenters. The molecule has 0 saturated carbocycles. The second kappa shape index (κ2) is 5.87. The number of rotatable bonds is 5. The molecule has 1 heterocycles. The smallest absolute Gasteiger partial charge is 0.137 e. The third kappa shape index (κ3) is 3.47. The first-order valence-corrected chi connectivity index (χ1v) is 6.32. The molecule has 3 heteroatoms. The predicted octanol–water partition coefficient (Wildman–Crippen LogP) is 3.99. The molecule has 2 aromatic rings. The summed E-state index contributed by atoms with van der Waals surface area (Å²) in [7, 11) is 0. The van der Waals surface area contributed by atoms with Crippen molar-refractivity contribution in [3.63, 3.8) is 0 Å². The highest BCUT2D eigenvalue weighted by molar-refractivity contribution is 6.31. The second-order valence-electron chi connectivity index (χ2n) is 4.39. The first kappa shape index (κ1) is 12.9. The van der Waals surface area contributed by atoms with Gasteiger partial charge in [-0.15, -0.1) is 0 Å². The lowest BCUT2D eigenvalue weighted by Crippen LogP contribution is -2.04. The van der Waals surface area contributed by atoms with Gasteiger partial charge in [-0.3, -0.25) is 4.79 Å². The minimum atomic E-state index is 0.178. The average molecular weight is 263 g/mol. The van der Waals surface area contributed by atoms with E-state index < -0.39 is 0 Å². The van der Waals surface area contributed by atoms with Gasteiger partial charge in [0.2, 0.25) is 0 Å². The van der Waals surface area contributed by atoms with Gasteiger partial charge in [0.25, 0.3) is 0 Å². The molecule has 0 aliphatic carbocycles. The Balaban J connectivity index is 1.91. The van der Waals surface area contributed by atoms with Gasteiger partial charge < -0.3 is 4.42 Å². The van der Waals surface area contributed by atoms with Gasteiger partial charge in [0.1, 0.15) is 11.5 Å². The van der Waals surface area contributed by atoms with Gasteiger partial charge in [-0.05, 0) is 36.2 Å². The zero-order chi connectivity index (χ0) is 13.0. The van der Waals surface area contributed by atoms with Crippen LogP contribution in [0.5, 0.6) is 0 Å². The molecule has 0 fully saturated rings. The van der Waals surface area contributed by atoms with Gasteiger partial charge in [0.15, 0.2) is 0 Å². The van der Waals surface area contributed by atoms with Crippen molar-refractivity contribution < 1.29 is 9.21 Å². The number of benzene rings is 1. The highest BCUT2D eigenvalue weighted by Gasteiger charge is 2.08. The SMILES string of the molecule is Cc1ccc(CC(=O)CCc2ccco2)c(Cl)c1. The third-order valence-electron chi connectivity index (χ3n) is 2.83. The molecule has 0 amide bonds. The lowest BCUT2D eigenvalue weighted by Gasteiger charge is -2.04. The molecule has 0 unspecified atom stereocenters. The molecule has 0 aliphatic heterocycles. The maximum atomic E-state index is 11.8. The maximum Gasteiger partial charge on any atom is 0.137 e. The van der Waals surface area contributed by atoms with Crippen molar-refractivity contribution in [2.75, 3.05) is 0 Å². The van der Waals surface area contributed by atoms with Crippen molar-refractivity contribution in [1.82, 2.24) is 0 Å². The zero-order valence-electron chi connectivity index (χ0n) is 10.3. The number of carbonyl (C=O) groups is 1. The van der Waals surface area contributed by atoms with Crippen LogP contribution in [-0.4, -0.2) is 5.78 Å². The summed E-state index contributed by atoms with van der Waals surface area (Å²) in [6.07, 6.45) is 3.14. The van der Waals surface area contributed by atoms with E-state index in [1.165, 1.54) is 0 Å². The van der Waals surface area contributed by atoms with E-state index in [9.17, 15) is 4.79 Å². The van der Waals surface area contributed by atoms with Gasteiger partial charge in [-0.1, -0.05) is 23.7 Å². The molecule has 0 N–H and O–H groups in total. The molecular formula is C15H15ClO2. The Morgan fingerprint density at radius 2 is 2.17 bits per heavy atom. The quantitative estimate of drug-likeness (QED) is 0.816. The van der Waals surface area contributed by atoms with E-state index in [-0.39, 0.29) is 5.78 Å². The molecule has 0 saturated heterocycles. The molecule has 0 aliphatic rings. The maximum absolute atomic E-state index is 11.8. The minimum Gasteiger partial charge on any atom is -0.469 e. The Kier molecular flexibility index (Phi) is 4.21. The number of ketones is 1. The van der Waals surface area contributed by atoms with Crippen LogP contribution < -0.4 is 0 Å². The fraction of sp³-hybridized carbons (Fsp3) is 0.267. The number of halogens is 1. The van der Waals surface area contributed by atoms with Crippen LogP contribution in [0.4, 0.5) is 0 Å². The van der Waals surface area contributed by atoms with Gasteiger partial charge in [-0.2, -0.15) is 0 Å². The van der Waals surface area contributed by atoms with Crippen molar-refractivity contribution in [3.8, 4) is 0 Å². The normalized spacial score (nSPS) is 10.6. The summed E-state index contributed by atoms with van der Waals surface area (Å²) in [5.74, 6) is 1.02. The van der Waals surface area contributed by atoms with E-state index in [2.05, 4.69) is 0 Å². The van der Waals surface area contributed by atoms with Gasteiger partial charge in [0.05, 0.1) is 6.26 Å². The van der Waals surface area contributed by atoms with Gasteiger partial charge >= 0.3 is 0 Å². The summed E-state index contributed by atoms with van der Waals surface area (Å²) >= 11 is 6.10. The Bertz CT molecular complexity index is 529. The summed E-state index contributed by atoms with van der Waals surface area (Å²) in [5, 5.41) is 0.668. The number of Topliss-reactive ketones (excluding diaryl/α,β-unsaturated/α-hetero) is 1. The van der Waals surface area contributed by atoms with Gasteiger partial charge in [-0.25, -0.2) is 0 Å². The van der Waals surface area contributed by atoms with E-state index in [1.54, 1.807) is 6.26 Å². The average Bonchev–Trinajstić information content (AvgIpc) is 2.83. The summed E-state index contributed by atoms with van der Waals surface area (Å²) in [4.78, 5) is 11.8.